The van der Waals surface area contributed by atoms with Crippen molar-refractivity contribution in [1.29, 1.82) is 5.26 Å². The minimum absolute atomic E-state index is 0.135. The maximum atomic E-state index is 9.01. The summed E-state index contributed by atoms with van der Waals surface area (Å²) in [6.45, 7) is 4.84. The number of aromatic nitrogens is 2. The van der Waals surface area contributed by atoms with Gasteiger partial charge in [0, 0.05) is 24.4 Å². The van der Waals surface area contributed by atoms with Crippen molar-refractivity contribution in [2.75, 3.05) is 13.2 Å². The summed E-state index contributed by atoms with van der Waals surface area (Å²) < 4.78 is 1.83. The predicted octanol–water partition coefficient (Wildman–Crippen LogP) is 1.00. The van der Waals surface area contributed by atoms with Gasteiger partial charge in [-0.1, -0.05) is 0 Å². The van der Waals surface area contributed by atoms with E-state index >= 15 is 0 Å². The van der Waals surface area contributed by atoms with E-state index in [9.17, 15) is 0 Å². The summed E-state index contributed by atoms with van der Waals surface area (Å²) in [5.74, 6) is 0. The summed E-state index contributed by atoms with van der Waals surface area (Å²) >= 11 is 0. The van der Waals surface area contributed by atoms with E-state index in [4.69, 9.17) is 10.4 Å². The van der Waals surface area contributed by atoms with Gasteiger partial charge in [0.05, 0.1) is 12.3 Å². The Hall–Kier alpha value is -1.38. The number of nitrogens with one attached hydrogen (secondary N) is 1. The van der Waals surface area contributed by atoms with Gasteiger partial charge in [0.25, 0.3) is 0 Å². The van der Waals surface area contributed by atoms with E-state index in [2.05, 4.69) is 16.5 Å². The van der Waals surface area contributed by atoms with Crippen LogP contribution in [0.1, 0.15) is 37.9 Å². The summed E-state index contributed by atoms with van der Waals surface area (Å²) in [7, 11) is 0. The molecule has 1 heterocycles. The van der Waals surface area contributed by atoms with Gasteiger partial charge in [0.15, 0.2) is 0 Å². The molecular weight excluding hydrogens is 204 g/mol. The second kappa shape index (κ2) is 6.26. The van der Waals surface area contributed by atoms with Crippen LogP contribution in [0.3, 0.4) is 0 Å². The number of hydrogen-bond acceptors (Lipinski definition) is 4. The van der Waals surface area contributed by atoms with Crippen molar-refractivity contribution in [3.63, 3.8) is 0 Å². The molecule has 0 radical (unpaired) electrons. The van der Waals surface area contributed by atoms with Crippen molar-refractivity contribution in [3.05, 3.63) is 18.0 Å². The Bertz CT molecular complexity index is 353. The molecule has 0 spiro atoms. The first-order chi connectivity index (χ1) is 7.69. The Kier molecular flexibility index (Phi) is 4.96. The fourth-order valence-corrected chi connectivity index (χ4v) is 1.35. The third-order valence-corrected chi connectivity index (χ3v) is 2.30. The molecule has 0 saturated carbocycles. The number of aliphatic hydroxyl groups is 1. The molecule has 0 aliphatic heterocycles. The monoisotopic (exact) mass is 222 g/mol. The average molecular weight is 222 g/mol. The molecule has 0 aliphatic carbocycles. The van der Waals surface area contributed by atoms with Crippen LogP contribution in [0.2, 0.25) is 0 Å². The highest BCUT2D eigenvalue weighted by atomic mass is 16.3. The van der Waals surface area contributed by atoms with Gasteiger partial charge in [-0.05, 0) is 26.8 Å². The molecule has 1 aromatic heterocycles. The Morgan fingerprint density at radius 1 is 1.62 bits per heavy atom. The van der Waals surface area contributed by atoms with Crippen molar-refractivity contribution in [3.8, 4) is 6.07 Å². The van der Waals surface area contributed by atoms with E-state index in [0.29, 0.717) is 19.0 Å². The van der Waals surface area contributed by atoms with Crippen LogP contribution in [-0.2, 0) is 0 Å². The molecule has 0 bridgehead atoms. The van der Waals surface area contributed by atoms with Crippen LogP contribution in [-0.4, -0.2) is 28.0 Å². The van der Waals surface area contributed by atoms with Gasteiger partial charge in [-0.15, -0.1) is 0 Å². The summed E-state index contributed by atoms with van der Waals surface area (Å²) in [6.07, 6.45) is 4.24. The standard InChI is InChI=1S/C11H18N4O/c1-9(2)15-8-10(7-14-15)11(6-12)13-4-3-5-16/h7-9,11,13,16H,3-5H2,1-2H3. The molecule has 5 heteroatoms. The molecule has 1 atom stereocenters. The Morgan fingerprint density at radius 3 is 2.88 bits per heavy atom. The molecule has 0 aliphatic rings. The second-order valence-corrected chi connectivity index (χ2v) is 3.94. The zero-order chi connectivity index (χ0) is 12.0. The molecule has 16 heavy (non-hydrogen) atoms. The lowest BCUT2D eigenvalue weighted by molar-refractivity contribution is 0.285. The van der Waals surface area contributed by atoms with E-state index in [1.165, 1.54) is 0 Å². The van der Waals surface area contributed by atoms with Gasteiger partial charge < -0.3 is 5.11 Å². The third-order valence-electron chi connectivity index (χ3n) is 2.30. The van der Waals surface area contributed by atoms with E-state index in [0.717, 1.165) is 5.56 Å². The molecule has 2 N–H and O–H groups in total. The molecule has 5 nitrogen and oxygen atoms in total. The van der Waals surface area contributed by atoms with E-state index in [1.54, 1.807) is 6.20 Å². The molecule has 1 rings (SSSR count). The maximum Gasteiger partial charge on any atom is 0.124 e. The van der Waals surface area contributed by atoms with E-state index < -0.39 is 0 Å². The van der Waals surface area contributed by atoms with Crippen LogP contribution >= 0.6 is 0 Å². The lowest BCUT2D eigenvalue weighted by Gasteiger charge is -2.08. The summed E-state index contributed by atoms with van der Waals surface area (Å²) in [4.78, 5) is 0. The zero-order valence-corrected chi connectivity index (χ0v) is 9.72. The molecule has 0 amide bonds. The van der Waals surface area contributed by atoms with Gasteiger partial charge in [-0.2, -0.15) is 10.4 Å². The van der Waals surface area contributed by atoms with Gasteiger partial charge in [0.2, 0.25) is 0 Å². The topological polar surface area (TPSA) is 73.9 Å². The SMILES string of the molecule is CC(C)n1cc(C(C#N)NCCCO)cn1. The second-order valence-electron chi connectivity index (χ2n) is 3.94. The highest BCUT2D eigenvalue weighted by Crippen LogP contribution is 2.13. The normalized spacial score (nSPS) is 12.7. The number of rotatable bonds is 6. The molecule has 0 saturated heterocycles. The lowest BCUT2D eigenvalue weighted by Crippen LogP contribution is -2.21. The first-order valence-corrected chi connectivity index (χ1v) is 5.47. The fourth-order valence-electron chi connectivity index (χ4n) is 1.35. The van der Waals surface area contributed by atoms with Crippen LogP contribution in [0.25, 0.3) is 0 Å². The van der Waals surface area contributed by atoms with Gasteiger partial charge in [-0.3, -0.25) is 10.00 Å². The maximum absolute atomic E-state index is 9.01. The van der Waals surface area contributed by atoms with Crippen molar-refractivity contribution in [2.24, 2.45) is 0 Å². The first kappa shape index (κ1) is 12.7. The largest absolute Gasteiger partial charge is 0.396 e. The molecule has 0 fully saturated rings. The van der Waals surface area contributed by atoms with E-state index in [-0.39, 0.29) is 12.6 Å². The van der Waals surface area contributed by atoms with Crippen LogP contribution in [0, 0.1) is 11.3 Å². The molecule has 0 aromatic carbocycles. The zero-order valence-electron chi connectivity index (χ0n) is 9.72. The van der Waals surface area contributed by atoms with Crippen LogP contribution in [0.5, 0.6) is 0 Å². The minimum atomic E-state index is -0.348. The van der Waals surface area contributed by atoms with Gasteiger partial charge in [0.1, 0.15) is 6.04 Å². The van der Waals surface area contributed by atoms with Gasteiger partial charge >= 0.3 is 0 Å². The predicted molar refractivity (Wildman–Crippen MR) is 60.7 cm³/mol. The van der Waals surface area contributed by atoms with Gasteiger partial charge in [-0.25, -0.2) is 0 Å². The van der Waals surface area contributed by atoms with E-state index in [1.807, 2.05) is 24.7 Å². The van der Waals surface area contributed by atoms with Crippen molar-refractivity contribution in [2.45, 2.75) is 32.4 Å². The Labute approximate surface area is 95.7 Å². The van der Waals surface area contributed by atoms with Crippen molar-refractivity contribution < 1.29 is 5.11 Å². The molecule has 88 valence electrons. The Balaban J connectivity index is 2.61. The van der Waals surface area contributed by atoms with Crippen molar-refractivity contribution >= 4 is 0 Å². The quantitative estimate of drug-likeness (QED) is 0.704. The third kappa shape index (κ3) is 3.33. The Morgan fingerprint density at radius 2 is 2.38 bits per heavy atom. The number of nitrogens with zero attached hydrogens (tertiary/aromatic N) is 3. The highest BCUT2D eigenvalue weighted by molar-refractivity contribution is 5.17. The number of nitriles is 1. The molecular formula is C11H18N4O. The molecule has 1 aromatic rings. The van der Waals surface area contributed by atoms with Crippen molar-refractivity contribution in [1.82, 2.24) is 15.1 Å². The molecule has 1 unspecified atom stereocenters. The van der Waals surface area contributed by atoms with Crippen LogP contribution in [0.15, 0.2) is 12.4 Å². The number of aliphatic hydroxyl groups excluding tert-OH is 1. The average Bonchev–Trinajstić information content (AvgIpc) is 2.74. The smallest absolute Gasteiger partial charge is 0.124 e. The minimum Gasteiger partial charge on any atom is -0.396 e. The summed E-state index contributed by atoms with van der Waals surface area (Å²) in [6, 6.07) is 2.13. The number of hydrogen-bond donors (Lipinski definition) is 2. The highest BCUT2D eigenvalue weighted by Gasteiger charge is 2.12. The lowest BCUT2D eigenvalue weighted by atomic mass is 10.2. The fraction of sp³-hybridized carbons (Fsp3) is 0.636. The summed E-state index contributed by atoms with van der Waals surface area (Å²) in [5, 5.41) is 24.9. The van der Waals surface area contributed by atoms with Crippen LogP contribution < -0.4 is 5.32 Å². The first-order valence-electron chi connectivity index (χ1n) is 5.47. The van der Waals surface area contributed by atoms with Crippen LogP contribution in [0.4, 0.5) is 0 Å². The summed E-state index contributed by atoms with van der Waals surface area (Å²) in [5.41, 5.74) is 0.870.